The molecule has 1 aromatic carbocycles. The summed E-state index contributed by atoms with van der Waals surface area (Å²) in [5.41, 5.74) is 1.26. The molecule has 2 rings (SSSR count). The third kappa shape index (κ3) is 3.97. The van der Waals surface area contributed by atoms with Crippen molar-refractivity contribution >= 4 is 6.08 Å². The molecule has 2 heteroatoms. The second kappa shape index (κ2) is 7.34. The number of benzene rings is 1. The lowest BCUT2D eigenvalue weighted by Gasteiger charge is -2.34. The van der Waals surface area contributed by atoms with Gasteiger partial charge in [0.1, 0.15) is 0 Å². The first-order valence-corrected chi connectivity index (χ1v) is 6.96. The van der Waals surface area contributed by atoms with Gasteiger partial charge in [0.25, 0.3) is 0 Å². The van der Waals surface area contributed by atoms with Gasteiger partial charge in [0, 0.05) is 19.2 Å². The number of rotatable bonds is 5. The van der Waals surface area contributed by atoms with Gasteiger partial charge in [-0.15, -0.1) is 0 Å². The molecule has 0 aliphatic carbocycles. The highest BCUT2D eigenvalue weighted by Crippen LogP contribution is 2.19. The minimum atomic E-state index is 0.309. The van der Waals surface area contributed by atoms with Crippen LogP contribution < -0.4 is 0 Å². The summed E-state index contributed by atoms with van der Waals surface area (Å²) in [5, 5.41) is 9.10. The Bertz CT molecular complexity index is 359. The van der Waals surface area contributed by atoms with Crippen LogP contribution in [-0.2, 0) is 0 Å². The number of piperidine rings is 1. The van der Waals surface area contributed by atoms with E-state index in [0.717, 1.165) is 13.0 Å². The molecule has 98 valence electrons. The third-order valence-electron chi connectivity index (χ3n) is 3.66. The van der Waals surface area contributed by atoms with Gasteiger partial charge in [-0.1, -0.05) is 48.9 Å². The molecule has 1 fully saturated rings. The Balaban J connectivity index is 1.86. The molecule has 1 saturated heterocycles. The molecular weight excluding hydrogens is 222 g/mol. The highest BCUT2D eigenvalue weighted by molar-refractivity contribution is 5.48. The first-order valence-electron chi connectivity index (χ1n) is 6.96. The minimum Gasteiger partial charge on any atom is -0.396 e. The maximum Gasteiger partial charge on any atom is 0.0445 e. The standard InChI is InChI=1S/C16H23NO/c18-14-11-16-10-4-5-12-17(16)13-6-9-15-7-2-1-3-8-15/h1-3,6-9,16,18H,4-5,10-14H2/b9-6+/t16-/m0/s1. The zero-order valence-corrected chi connectivity index (χ0v) is 11.0. The van der Waals surface area contributed by atoms with Crippen molar-refractivity contribution in [3.05, 3.63) is 42.0 Å². The van der Waals surface area contributed by atoms with E-state index in [1.54, 1.807) is 0 Å². The summed E-state index contributed by atoms with van der Waals surface area (Å²) in [6, 6.07) is 11.0. The van der Waals surface area contributed by atoms with E-state index in [-0.39, 0.29) is 0 Å². The Morgan fingerprint density at radius 1 is 1.22 bits per heavy atom. The zero-order valence-electron chi connectivity index (χ0n) is 11.0. The summed E-state index contributed by atoms with van der Waals surface area (Å²) < 4.78 is 0. The quantitative estimate of drug-likeness (QED) is 0.862. The van der Waals surface area contributed by atoms with Gasteiger partial charge in [-0.3, -0.25) is 4.90 Å². The van der Waals surface area contributed by atoms with Gasteiger partial charge in [0.2, 0.25) is 0 Å². The van der Waals surface area contributed by atoms with Crippen LogP contribution in [0.3, 0.4) is 0 Å². The molecule has 1 aliphatic rings. The average Bonchev–Trinajstić information content (AvgIpc) is 2.42. The maximum atomic E-state index is 9.10. The summed E-state index contributed by atoms with van der Waals surface area (Å²) >= 11 is 0. The number of hydrogen-bond acceptors (Lipinski definition) is 2. The molecule has 0 radical (unpaired) electrons. The van der Waals surface area contributed by atoms with Gasteiger partial charge in [-0.2, -0.15) is 0 Å². The molecule has 0 aromatic heterocycles. The van der Waals surface area contributed by atoms with Gasteiger partial charge in [0.05, 0.1) is 0 Å². The SMILES string of the molecule is OCC[C@@H]1CCCCN1C/C=C/c1ccccc1. The van der Waals surface area contributed by atoms with Crippen molar-refractivity contribution in [2.75, 3.05) is 19.7 Å². The number of hydrogen-bond donors (Lipinski definition) is 1. The summed E-state index contributed by atoms with van der Waals surface area (Å²) in [7, 11) is 0. The molecule has 0 spiro atoms. The fourth-order valence-corrected chi connectivity index (χ4v) is 2.66. The van der Waals surface area contributed by atoms with Crippen molar-refractivity contribution in [1.82, 2.24) is 4.90 Å². The van der Waals surface area contributed by atoms with Crippen LogP contribution in [0.15, 0.2) is 36.4 Å². The molecule has 1 N–H and O–H groups in total. The molecular formula is C16H23NO. The van der Waals surface area contributed by atoms with Crippen LogP contribution in [0.5, 0.6) is 0 Å². The van der Waals surface area contributed by atoms with Crippen molar-refractivity contribution in [2.24, 2.45) is 0 Å². The lowest BCUT2D eigenvalue weighted by atomic mass is 9.99. The van der Waals surface area contributed by atoms with Crippen molar-refractivity contribution in [1.29, 1.82) is 0 Å². The van der Waals surface area contributed by atoms with Gasteiger partial charge in [0.15, 0.2) is 0 Å². The monoisotopic (exact) mass is 245 g/mol. The molecule has 0 amide bonds. The molecule has 0 bridgehead atoms. The van der Waals surface area contributed by atoms with E-state index in [9.17, 15) is 0 Å². The van der Waals surface area contributed by atoms with E-state index in [0.29, 0.717) is 12.6 Å². The fraction of sp³-hybridized carbons (Fsp3) is 0.500. The Hall–Kier alpha value is -1.12. The molecule has 1 atom stereocenters. The molecule has 0 saturated carbocycles. The number of likely N-dealkylation sites (tertiary alicyclic amines) is 1. The van der Waals surface area contributed by atoms with E-state index < -0.39 is 0 Å². The highest BCUT2D eigenvalue weighted by atomic mass is 16.3. The summed E-state index contributed by atoms with van der Waals surface area (Å²) in [6.07, 6.45) is 9.18. The summed E-state index contributed by atoms with van der Waals surface area (Å²) in [4.78, 5) is 2.50. The van der Waals surface area contributed by atoms with Gasteiger partial charge in [-0.05, 0) is 31.4 Å². The lowest BCUT2D eigenvalue weighted by Crippen LogP contribution is -2.40. The van der Waals surface area contributed by atoms with Crippen molar-refractivity contribution in [3.63, 3.8) is 0 Å². The zero-order chi connectivity index (χ0) is 12.6. The summed E-state index contributed by atoms with van der Waals surface area (Å²) in [6.45, 7) is 2.48. The van der Waals surface area contributed by atoms with Crippen LogP contribution in [0, 0.1) is 0 Å². The molecule has 1 aromatic rings. The predicted octanol–water partition coefficient (Wildman–Crippen LogP) is 2.94. The largest absolute Gasteiger partial charge is 0.396 e. The molecule has 2 nitrogen and oxygen atoms in total. The average molecular weight is 245 g/mol. The Morgan fingerprint density at radius 3 is 2.83 bits per heavy atom. The fourth-order valence-electron chi connectivity index (χ4n) is 2.66. The van der Waals surface area contributed by atoms with Gasteiger partial charge < -0.3 is 5.11 Å². The van der Waals surface area contributed by atoms with Crippen LogP contribution in [0.2, 0.25) is 0 Å². The van der Waals surface area contributed by atoms with E-state index in [2.05, 4.69) is 41.3 Å². The Morgan fingerprint density at radius 2 is 2.06 bits per heavy atom. The van der Waals surface area contributed by atoms with Gasteiger partial charge >= 0.3 is 0 Å². The van der Waals surface area contributed by atoms with Gasteiger partial charge in [-0.25, -0.2) is 0 Å². The first kappa shape index (κ1) is 13.3. The molecule has 1 heterocycles. The Kier molecular flexibility index (Phi) is 5.43. The third-order valence-corrected chi connectivity index (χ3v) is 3.66. The van der Waals surface area contributed by atoms with Crippen LogP contribution in [-0.4, -0.2) is 35.7 Å². The number of aliphatic hydroxyl groups is 1. The second-order valence-corrected chi connectivity index (χ2v) is 4.97. The first-order chi connectivity index (χ1) is 8.90. The smallest absolute Gasteiger partial charge is 0.0445 e. The normalized spacial score (nSPS) is 21.5. The second-order valence-electron chi connectivity index (χ2n) is 4.97. The number of nitrogens with zero attached hydrogens (tertiary/aromatic N) is 1. The van der Waals surface area contributed by atoms with E-state index >= 15 is 0 Å². The molecule has 18 heavy (non-hydrogen) atoms. The molecule has 1 aliphatic heterocycles. The lowest BCUT2D eigenvalue weighted by molar-refractivity contribution is 0.132. The van der Waals surface area contributed by atoms with E-state index in [1.807, 2.05) is 6.07 Å². The van der Waals surface area contributed by atoms with Crippen molar-refractivity contribution < 1.29 is 5.11 Å². The Labute approximate surface area is 110 Å². The minimum absolute atomic E-state index is 0.309. The molecule has 0 unspecified atom stereocenters. The maximum absolute atomic E-state index is 9.10. The van der Waals surface area contributed by atoms with Crippen LogP contribution in [0.4, 0.5) is 0 Å². The van der Waals surface area contributed by atoms with E-state index in [1.165, 1.54) is 31.4 Å². The van der Waals surface area contributed by atoms with Crippen LogP contribution in [0.25, 0.3) is 6.08 Å². The topological polar surface area (TPSA) is 23.5 Å². The van der Waals surface area contributed by atoms with Crippen LogP contribution in [0.1, 0.15) is 31.2 Å². The number of aliphatic hydroxyl groups excluding tert-OH is 1. The van der Waals surface area contributed by atoms with Crippen LogP contribution >= 0.6 is 0 Å². The summed E-state index contributed by atoms with van der Waals surface area (Å²) in [5.74, 6) is 0. The highest BCUT2D eigenvalue weighted by Gasteiger charge is 2.20. The van der Waals surface area contributed by atoms with Crippen molar-refractivity contribution in [3.8, 4) is 0 Å². The predicted molar refractivity (Wildman–Crippen MR) is 76.4 cm³/mol. The van der Waals surface area contributed by atoms with Crippen molar-refractivity contribution in [2.45, 2.75) is 31.7 Å². The van der Waals surface area contributed by atoms with E-state index in [4.69, 9.17) is 5.11 Å².